The van der Waals surface area contributed by atoms with Crippen LogP contribution in [0.4, 0.5) is 0 Å². The van der Waals surface area contributed by atoms with Gasteiger partial charge in [-0.25, -0.2) is 4.98 Å². The minimum absolute atomic E-state index is 0.0842. The third kappa shape index (κ3) is 4.04. The molecule has 1 heterocycles. The summed E-state index contributed by atoms with van der Waals surface area (Å²) in [6.45, 7) is 4.37. The Morgan fingerprint density at radius 2 is 2.04 bits per heavy atom. The van der Waals surface area contributed by atoms with Crippen molar-refractivity contribution in [1.82, 2.24) is 10.3 Å². The monoisotopic (exact) mass is 374 g/mol. The fourth-order valence-corrected chi connectivity index (χ4v) is 4.15. The number of benzene rings is 1. The highest BCUT2D eigenvalue weighted by atomic mass is 32.1. The third-order valence-corrected chi connectivity index (χ3v) is 5.74. The van der Waals surface area contributed by atoms with Crippen molar-refractivity contribution in [1.29, 1.82) is 0 Å². The Morgan fingerprint density at radius 1 is 1.31 bits per heavy atom. The van der Waals surface area contributed by atoms with Crippen LogP contribution >= 0.6 is 11.3 Å². The molecule has 2 N–H and O–H groups in total. The second kappa shape index (κ2) is 7.86. The largest absolute Gasteiger partial charge is 0.494 e. The second-order valence-corrected chi connectivity index (χ2v) is 7.41. The SMILES string of the molecule is CCOc1ccc(-c2nc(C)c(C(=O)N[C@H]3CC[C@@H](C(=O)O)C3)s2)cc1. The van der Waals surface area contributed by atoms with Crippen LogP contribution in [0.25, 0.3) is 10.6 Å². The molecule has 2 atom stereocenters. The number of carboxylic acids is 1. The standard InChI is InChI=1S/C19H22N2O4S/c1-3-25-15-8-5-12(6-9-15)18-20-11(2)16(26-18)17(22)21-14-7-4-13(10-14)19(23)24/h5-6,8-9,13-14H,3-4,7,10H2,1-2H3,(H,21,22)(H,23,24)/t13-,14+/m1/s1. The van der Waals surface area contributed by atoms with Crippen LogP contribution in [0.5, 0.6) is 5.75 Å². The van der Waals surface area contributed by atoms with E-state index in [-0.39, 0.29) is 17.9 Å². The van der Waals surface area contributed by atoms with Gasteiger partial charge in [-0.1, -0.05) is 0 Å². The Morgan fingerprint density at radius 3 is 2.65 bits per heavy atom. The lowest BCUT2D eigenvalue weighted by Crippen LogP contribution is -2.33. The molecule has 0 radical (unpaired) electrons. The van der Waals surface area contributed by atoms with Crippen molar-refractivity contribution in [2.75, 3.05) is 6.61 Å². The maximum atomic E-state index is 12.6. The first-order chi connectivity index (χ1) is 12.5. The number of hydrogen-bond acceptors (Lipinski definition) is 5. The summed E-state index contributed by atoms with van der Waals surface area (Å²) < 4.78 is 5.44. The average Bonchev–Trinajstić information content (AvgIpc) is 3.23. The average molecular weight is 374 g/mol. The van der Waals surface area contributed by atoms with Crippen LogP contribution in [0.15, 0.2) is 24.3 Å². The van der Waals surface area contributed by atoms with Crippen LogP contribution in [0.2, 0.25) is 0 Å². The summed E-state index contributed by atoms with van der Waals surface area (Å²) in [6.07, 6.45) is 1.80. The lowest BCUT2D eigenvalue weighted by Gasteiger charge is -2.11. The number of carbonyl (C=O) groups is 2. The molecule has 0 unspecified atom stereocenters. The molecule has 1 aromatic carbocycles. The van der Waals surface area contributed by atoms with Gasteiger partial charge in [0.05, 0.1) is 18.2 Å². The molecule has 6 nitrogen and oxygen atoms in total. The van der Waals surface area contributed by atoms with Crippen LogP contribution < -0.4 is 10.1 Å². The number of ether oxygens (including phenoxy) is 1. The Kier molecular flexibility index (Phi) is 5.56. The van der Waals surface area contributed by atoms with E-state index in [1.807, 2.05) is 38.1 Å². The lowest BCUT2D eigenvalue weighted by molar-refractivity contribution is -0.141. The zero-order valence-corrected chi connectivity index (χ0v) is 15.6. The fourth-order valence-electron chi connectivity index (χ4n) is 3.18. The number of hydrogen-bond donors (Lipinski definition) is 2. The van der Waals surface area contributed by atoms with E-state index in [2.05, 4.69) is 10.3 Å². The summed E-state index contributed by atoms with van der Waals surface area (Å²) in [5.74, 6) is -0.513. The van der Waals surface area contributed by atoms with Crippen LogP contribution in [-0.4, -0.2) is 34.6 Å². The number of thiazole rings is 1. The van der Waals surface area contributed by atoms with Crippen LogP contribution in [0.1, 0.15) is 41.6 Å². The number of carboxylic acid groups (broad SMARTS) is 1. The van der Waals surface area contributed by atoms with Gasteiger partial charge in [-0.15, -0.1) is 11.3 Å². The molecule has 26 heavy (non-hydrogen) atoms. The summed E-state index contributed by atoms with van der Waals surface area (Å²) in [6, 6.07) is 7.55. The van der Waals surface area contributed by atoms with Crippen molar-refractivity contribution in [3.05, 3.63) is 34.8 Å². The summed E-state index contributed by atoms with van der Waals surface area (Å²) in [4.78, 5) is 28.7. The Hall–Kier alpha value is -2.41. The van der Waals surface area contributed by atoms with E-state index in [0.29, 0.717) is 36.4 Å². The number of amides is 1. The smallest absolute Gasteiger partial charge is 0.306 e. The highest BCUT2D eigenvalue weighted by Gasteiger charge is 2.31. The van der Waals surface area contributed by atoms with Gasteiger partial charge in [-0.05, 0) is 57.4 Å². The van der Waals surface area contributed by atoms with Gasteiger partial charge in [0.1, 0.15) is 15.6 Å². The quantitative estimate of drug-likeness (QED) is 0.808. The molecule has 1 fully saturated rings. The number of aromatic nitrogens is 1. The number of aryl methyl sites for hydroxylation is 1. The number of nitrogens with one attached hydrogen (secondary N) is 1. The molecular formula is C19H22N2O4S. The number of nitrogens with zero attached hydrogens (tertiary/aromatic N) is 1. The number of rotatable bonds is 6. The predicted octanol–water partition coefficient (Wildman–Crippen LogP) is 3.50. The molecule has 2 aromatic rings. The van der Waals surface area contributed by atoms with Crippen molar-refractivity contribution in [3.63, 3.8) is 0 Å². The lowest BCUT2D eigenvalue weighted by atomic mass is 10.1. The molecule has 1 aromatic heterocycles. The maximum absolute atomic E-state index is 12.6. The molecule has 1 aliphatic carbocycles. The van der Waals surface area contributed by atoms with Crippen LogP contribution in [0, 0.1) is 12.8 Å². The van der Waals surface area contributed by atoms with Crippen molar-refractivity contribution >= 4 is 23.2 Å². The van der Waals surface area contributed by atoms with E-state index >= 15 is 0 Å². The van der Waals surface area contributed by atoms with Crippen LogP contribution in [0.3, 0.4) is 0 Å². The molecule has 3 rings (SSSR count). The topological polar surface area (TPSA) is 88.5 Å². The number of carbonyl (C=O) groups excluding carboxylic acids is 1. The van der Waals surface area contributed by atoms with E-state index in [4.69, 9.17) is 9.84 Å². The zero-order chi connectivity index (χ0) is 18.7. The van der Waals surface area contributed by atoms with E-state index in [1.54, 1.807) is 0 Å². The summed E-state index contributed by atoms with van der Waals surface area (Å²) in [5, 5.41) is 12.8. The molecule has 0 aliphatic heterocycles. The third-order valence-electron chi connectivity index (χ3n) is 4.53. The molecule has 138 valence electrons. The first kappa shape index (κ1) is 18.4. The van der Waals surface area contributed by atoms with Gasteiger partial charge < -0.3 is 15.2 Å². The molecule has 1 amide bonds. The Bertz CT molecular complexity index is 800. The Labute approximate surface area is 156 Å². The molecule has 7 heteroatoms. The van der Waals surface area contributed by atoms with Gasteiger partial charge in [0, 0.05) is 11.6 Å². The van der Waals surface area contributed by atoms with Crippen molar-refractivity contribution in [3.8, 4) is 16.3 Å². The van der Waals surface area contributed by atoms with Gasteiger partial charge in [0.2, 0.25) is 0 Å². The zero-order valence-electron chi connectivity index (χ0n) is 14.8. The van der Waals surface area contributed by atoms with E-state index in [9.17, 15) is 9.59 Å². The van der Waals surface area contributed by atoms with Crippen molar-refractivity contribution < 1.29 is 19.4 Å². The molecule has 0 spiro atoms. The van der Waals surface area contributed by atoms with Gasteiger partial charge >= 0.3 is 5.97 Å². The van der Waals surface area contributed by atoms with Gasteiger partial charge in [-0.2, -0.15) is 0 Å². The predicted molar refractivity (Wildman–Crippen MR) is 99.7 cm³/mol. The summed E-state index contributed by atoms with van der Waals surface area (Å²) >= 11 is 1.35. The Balaban J connectivity index is 1.69. The molecule has 0 bridgehead atoms. The molecule has 1 aliphatic rings. The van der Waals surface area contributed by atoms with Gasteiger partial charge in [-0.3, -0.25) is 9.59 Å². The van der Waals surface area contributed by atoms with Gasteiger partial charge in [0.15, 0.2) is 0 Å². The highest BCUT2D eigenvalue weighted by molar-refractivity contribution is 7.17. The first-order valence-electron chi connectivity index (χ1n) is 8.72. The summed E-state index contributed by atoms with van der Waals surface area (Å²) in [7, 11) is 0. The maximum Gasteiger partial charge on any atom is 0.306 e. The number of aliphatic carboxylic acids is 1. The molecule has 0 saturated heterocycles. The molecule has 1 saturated carbocycles. The minimum Gasteiger partial charge on any atom is -0.494 e. The van der Waals surface area contributed by atoms with Crippen molar-refractivity contribution in [2.24, 2.45) is 5.92 Å². The first-order valence-corrected chi connectivity index (χ1v) is 9.54. The molecular weight excluding hydrogens is 352 g/mol. The van der Waals surface area contributed by atoms with E-state index < -0.39 is 5.97 Å². The minimum atomic E-state index is -0.784. The fraction of sp³-hybridized carbons (Fsp3) is 0.421. The van der Waals surface area contributed by atoms with E-state index in [0.717, 1.165) is 16.3 Å². The van der Waals surface area contributed by atoms with Crippen LogP contribution in [-0.2, 0) is 4.79 Å². The van der Waals surface area contributed by atoms with E-state index in [1.165, 1.54) is 11.3 Å². The van der Waals surface area contributed by atoms with Gasteiger partial charge in [0.25, 0.3) is 5.91 Å². The van der Waals surface area contributed by atoms with Crippen molar-refractivity contribution in [2.45, 2.75) is 39.2 Å². The normalized spacial score (nSPS) is 19.3. The highest BCUT2D eigenvalue weighted by Crippen LogP contribution is 2.30. The summed E-state index contributed by atoms with van der Waals surface area (Å²) in [5.41, 5.74) is 1.62. The second-order valence-electron chi connectivity index (χ2n) is 6.41.